The van der Waals surface area contributed by atoms with E-state index in [0.29, 0.717) is 23.1 Å². The van der Waals surface area contributed by atoms with Gasteiger partial charge < -0.3 is 9.47 Å². The summed E-state index contributed by atoms with van der Waals surface area (Å²) in [4.78, 5) is 14.2. The maximum Gasteiger partial charge on any atom is 0.238 e. The number of nitrogens with zero attached hydrogens (tertiary/aromatic N) is 1. The minimum absolute atomic E-state index is 0.0857. The van der Waals surface area contributed by atoms with Crippen LogP contribution in [0.2, 0.25) is 5.02 Å². The molecule has 1 atom stereocenters. The molecule has 6 heteroatoms. The Balaban J connectivity index is 1.91. The predicted octanol–water partition coefficient (Wildman–Crippen LogP) is 4.92. The minimum Gasteiger partial charge on any atom is -0.493 e. The number of benzene rings is 2. The Hall–Kier alpha value is -1.85. The van der Waals surface area contributed by atoms with Crippen LogP contribution in [-0.2, 0) is 4.79 Å². The predicted molar refractivity (Wildman–Crippen MR) is 103 cm³/mol. The van der Waals surface area contributed by atoms with Gasteiger partial charge in [0.1, 0.15) is 5.37 Å². The average molecular weight is 378 g/mol. The van der Waals surface area contributed by atoms with Crippen molar-refractivity contribution in [1.29, 1.82) is 0 Å². The number of methoxy groups -OCH3 is 1. The highest BCUT2D eigenvalue weighted by Crippen LogP contribution is 2.44. The van der Waals surface area contributed by atoms with Crippen LogP contribution < -0.4 is 14.4 Å². The summed E-state index contributed by atoms with van der Waals surface area (Å²) in [5.41, 5.74) is 1.85. The van der Waals surface area contributed by atoms with Gasteiger partial charge in [0.2, 0.25) is 5.91 Å². The third-order valence-corrected chi connectivity index (χ3v) is 5.37. The maximum absolute atomic E-state index is 12.4. The van der Waals surface area contributed by atoms with Crippen LogP contribution in [0.4, 0.5) is 5.69 Å². The topological polar surface area (TPSA) is 38.8 Å². The van der Waals surface area contributed by atoms with Crippen LogP contribution in [0.1, 0.15) is 24.3 Å². The molecule has 25 heavy (non-hydrogen) atoms. The van der Waals surface area contributed by atoms with Crippen molar-refractivity contribution in [2.45, 2.75) is 18.7 Å². The number of rotatable bonds is 6. The van der Waals surface area contributed by atoms with Crippen LogP contribution in [0.15, 0.2) is 42.5 Å². The molecule has 0 saturated carbocycles. The van der Waals surface area contributed by atoms with E-state index in [1.54, 1.807) is 31.0 Å². The first kappa shape index (κ1) is 18.0. The van der Waals surface area contributed by atoms with Gasteiger partial charge >= 0.3 is 0 Å². The third kappa shape index (κ3) is 3.88. The van der Waals surface area contributed by atoms with Crippen molar-refractivity contribution in [3.8, 4) is 11.5 Å². The van der Waals surface area contributed by atoms with Crippen molar-refractivity contribution in [3.05, 3.63) is 53.1 Å². The van der Waals surface area contributed by atoms with Crippen molar-refractivity contribution < 1.29 is 14.3 Å². The Morgan fingerprint density at radius 1 is 1.20 bits per heavy atom. The van der Waals surface area contributed by atoms with Gasteiger partial charge in [0, 0.05) is 10.7 Å². The summed E-state index contributed by atoms with van der Waals surface area (Å²) in [5, 5.41) is 0.557. The first-order valence-corrected chi connectivity index (χ1v) is 9.56. The molecule has 0 spiro atoms. The Morgan fingerprint density at radius 3 is 2.64 bits per heavy atom. The van der Waals surface area contributed by atoms with Gasteiger partial charge in [-0.05, 0) is 48.4 Å². The van der Waals surface area contributed by atoms with E-state index in [0.717, 1.165) is 23.4 Å². The number of halogens is 1. The molecule has 0 aromatic heterocycles. The average Bonchev–Trinajstić information content (AvgIpc) is 3.02. The van der Waals surface area contributed by atoms with E-state index in [2.05, 4.69) is 6.92 Å². The number of thioether (sulfide) groups is 1. The molecule has 0 bridgehead atoms. The molecule has 4 nitrogen and oxygen atoms in total. The second kappa shape index (κ2) is 8.02. The summed E-state index contributed by atoms with van der Waals surface area (Å²) in [6.45, 7) is 2.70. The van der Waals surface area contributed by atoms with Crippen LogP contribution in [0.3, 0.4) is 0 Å². The zero-order valence-electron chi connectivity index (χ0n) is 14.2. The zero-order valence-corrected chi connectivity index (χ0v) is 15.8. The lowest BCUT2D eigenvalue weighted by Gasteiger charge is -2.25. The molecule has 0 unspecified atom stereocenters. The smallest absolute Gasteiger partial charge is 0.238 e. The van der Waals surface area contributed by atoms with Gasteiger partial charge in [0.15, 0.2) is 11.5 Å². The highest BCUT2D eigenvalue weighted by Gasteiger charge is 2.34. The van der Waals surface area contributed by atoms with Crippen molar-refractivity contribution >= 4 is 35.0 Å². The Labute approximate surface area is 157 Å². The van der Waals surface area contributed by atoms with Gasteiger partial charge in [-0.2, -0.15) is 0 Å². The summed E-state index contributed by atoms with van der Waals surface area (Å²) in [6.07, 6.45) is 0.933. The standard InChI is InChI=1S/C19H20ClNO3S/c1-3-10-24-16-9-4-13(11-17(16)23-2)19-21(18(22)12-25-19)15-7-5-14(20)6-8-15/h4-9,11,19H,3,10,12H2,1-2H3/t19-/m1/s1. The van der Waals surface area contributed by atoms with Crippen LogP contribution in [0, 0.1) is 0 Å². The summed E-state index contributed by atoms with van der Waals surface area (Å²) in [7, 11) is 1.63. The van der Waals surface area contributed by atoms with Crippen LogP contribution in [-0.4, -0.2) is 25.4 Å². The van der Waals surface area contributed by atoms with Crippen molar-refractivity contribution in [2.75, 3.05) is 24.4 Å². The molecule has 1 aliphatic heterocycles. The molecule has 0 N–H and O–H groups in total. The zero-order chi connectivity index (χ0) is 17.8. The lowest BCUT2D eigenvalue weighted by Crippen LogP contribution is -2.27. The monoisotopic (exact) mass is 377 g/mol. The van der Waals surface area contributed by atoms with Gasteiger partial charge in [0.05, 0.1) is 19.5 Å². The summed E-state index contributed by atoms with van der Waals surface area (Å²) < 4.78 is 11.2. The fraction of sp³-hybridized carbons (Fsp3) is 0.316. The first-order chi connectivity index (χ1) is 12.1. The molecular formula is C19H20ClNO3S. The SMILES string of the molecule is CCCOc1ccc([C@H]2SCC(=O)N2c2ccc(Cl)cc2)cc1OC. The molecule has 1 saturated heterocycles. The molecular weight excluding hydrogens is 358 g/mol. The van der Waals surface area contributed by atoms with Crippen LogP contribution in [0.25, 0.3) is 0 Å². The van der Waals surface area contributed by atoms with Gasteiger partial charge in [0.25, 0.3) is 0 Å². The Morgan fingerprint density at radius 2 is 1.96 bits per heavy atom. The van der Waals surface area contributed by atoms with E-state index in [9.17, 15) is 4.79 Å². The first-order valence-electron chi connectivity index (χ1n) is 8.14. The van der Waals surface area contributed by atoms with Crippen LogP contribution >= 0.6 is 23.4 Å². The van der Waals surface area contributed by atoms with E-state index in [4.69, 9.17) is 21.1 Å². The number of hydrogen-bond donors (Lipinski definition) is 0. The highest BCUT2D eigenvalue weighted by molar-refractivity contribution is 8.00. The molecule has 1 fully saturated rings. The lowest BCUT2D eigenvalue weighted by molar-refractivity contribution is -0.115. The van der Waals surface area contributed by atoms with E-state index >= 15 is 0 Å². The number of ether oxygens (including phenoxy) is 2. The summed E-state index contributed by atoms with van der Waals surface area (Å²) in [5.74, 6) is 1.94. The number of anilines is 1. The lowest BCUT2D eigenvalue weighted by atomic mass is 10.1. The molecule has 2 aromatic rings. The molecule has 0 radical (unpaired) electrons. The fourth-order valence-electron chi connectivity index (χ4n) is 2.72. The Bertz CT molecular complexity index is 751. The molecule has 1 heterocycles. The second-order valence-corrected chi connectivity index (χ2v) is 7.17. The van der Waals surface area contributed by atoms with Gasteiger partial charge in [-0.1, -0.05) is 24.6 Å². The molecule has 1 amide bonds. The van der Waals surface area contributed by atoms with Crippen molar-refractivity contribution in [1.82, 2.24) is 0 Å². The molecule has 0 aliphatic carbocycles. The summed E-state index contributed by atoms with van der Waals surface area (Å²) >= 11 is 7.57. The van der Waals surface area contributed by atoms with Gasteiger partial charge in [-0.25, -0.2) is 0 Å². The van der Waals surface area contributed by atoms with E-state index in [1.165, 1.54) is 0 Å². The molecule has 3 rings (SSSR count). The molecule has 2 aromatic carbocycles. The molecule has 132 valence electrons. The minimum atomic E-state index is -0.0946. The summed E-state index contributed by atoms with van der Waals surface area (Å²) in [6, 6.07) is 13.2. The van der Waals surface area contributed by atoms with E-state index in [-0.39, 0.29) is 11.3 Å². The third-order valence-electron chi connectivity index (χ3n) is 3.91. The molecule has 1 aliphatic rings. The van der Waals surface area contributed by atoms with Crippen molar-refractivity contribution in [2.24, 2.45) is 0 Å². The fourth-order valence-corrected chi connectivity index (χ4v) is 4.01. The van der Waals surface area contributed by atoms with Crippen molar-refractivity contribution in [3.63, 3.8) is 0 Å². The maximum atomic E-state index is 12.4. The normalized spacial score (nSPS) is 17.0. The quantitative estimate of drug-likeness (QED) is 0.716. The number of hydrogen-bond acceptors (Lipinski definition) is 4. The van der Waals surface area contributed by atoms with Gasteiger partial charge in [-0.15, -0.1) is 11.8 Å². The number of carbonyl (C=O) groups excluding carboxylic acids is 1. The van der Waals surface area contributed by atoms with Gasteiger partial charge in [-0.3, -0.25) is 9.69 Å². The van der Waals surface area contributed by atoms with Crippen LogP contribution in [0.5, 0.6) is 11.5 Å². The number of carbonyl (C=O) groups is 1. The highest BCUT2D eigenvalue weighted by atomic mass is 35.5. The van der Waals surface area contributed by atoms with E-state index < -0.39 is 0 Å². The number of amides is 1. The largest absolute Gasteiger partial charge is 0.493 e. The van der Waals surface area contributed by atoms with E-state index in [1.807, 2.05) is 35.2 Å². The Kier molecular flexibility index (Phi) is 5.76. The second-order valence-electron chi connectivity index (χ2n) is 5.66.